The Morgan fingerprint density at radius 2 is 1.35 bits per heavy atom. The van der Waals surface area contributed by atoms with Crippen LogP contribution in [-0.4, -0.2) is 61.6 Å². The number of hydrazone groups is 1. The van der Waals surface area contributed by atoms with E-state index in [4.69, 9.17) is 9.84 Å². The molecule has 3 aliphatic rings. The van der Waals surface area contributed by atoms with Crippen LogP contribution in [0.25, 0.3) is 0 Å². The highest BCUT2D eigenvalue weighted by Crippen LogP contribution is 2.32. The molecule has 4 nitrogen and oxygen atoms in total. The van der Waals surface area contributed by atoms with Crippen molar-refractivity contribution in [2.45, 2.75) is 108 Å². The number of nitrogens with zero attached hydrogens (tertiary/aromatic N) is 3. The highest BCUT2D eigenvalue weighted by molar-refractivity contribution is 5.61. The van der Waals surface area contributed by atoms with Gasteiger partial charge in [-0.2, -0.15) is 5.10 Å². The monoisotopic (exact) mass is 363 g/mol. The van der Waals surface area contributed by atoms with Crippen molar-refractivity contribution in [2.24, 2.45) is 11.0 Å². The van der Waals surface area contributed by atoms with Crippen molar-refractivity contribution in [2.75, 3.05) is 21.2 Å². The van der Waals surface area contributed by atoms with Gasteiger partial charge in [-0.1, -0.05) is 38.5 Å². The summed E-state index contributed by atoms with van der Waals surface area (Å²) in [5, 5.41) is 7.74. The third-order valence-corrected chi connectivity index (χ3v) is 7.14. The molecular weight excluding hydrogens is 322 g/mol. The van der Waals surface area contributed by atoms with Gasteiger partial charge in [-0.05, 0) is 59.0 Å². The molecule has 26 heavy (non-hydrogen) atoms. The van der Waals surface area contributed by atoms with E-state index in [1.165, 1.54) is 77.0 Å². The summed E-state index contributed by atoms with van der Waals surface area (Å²) in [6.07, 6.45) is 19.9. The van der Waals surface area contributed by atoms with Gasteiger partial charge in [-0.25, -0.2) is 0 Å². The van der Waals surface area contributed by atoms with E-state index in [9.17, 15) is 0 Å². The minimum Gasteiger partial charge on any atom is -0.381 e. The summed E-state index contributed by atoms with van der Waals surface area (Å²) in [4.78, 5) is 2.36. The van der Waals surface area contributed by atoms with Crippen molar-refractivity contribution < 1.29 is 4.74 Å². The molecule has 4 heteroatoms. The Balaban J connectivity index is 1.66. The Morgan fingerprint density at radius 1 is 0.769 bits per heavy atom. The first-order valence-electron chi connectivity index (χ1n) is 11.2. The maximum atomic E-state index is 5.87. The summed E-state index contributed by atoms with van der Waals surface area (Å²) in [7, 11) is 6.27. The van der Waals surface area contributed by atoms with Gasteiger partial charge in [0.05, 0.1) is 6.10 Å². The zero-order valence-electron chi connectivity index (χ0n) is 17.4. The van der Waals surface area contributed by atoms with Gasteiger partial charge >= 0.3 is 0 Å². The van der Waals surface area contributed by atoms with Crippen molar-refractivity contribution >= 4 is 6.21 Å². The third-order valence-electron chi connectivity index (χ3n) is 7.14. The summed E-state index contributed by atoms with van der Waals surface area (Å²) in [6, 6.07) is 2.02. The molecule has 0 bridgehead atoms. The molecule has 3 aliphatic carbocycles. The van der Waals surface area contributed by atoms with E-state index in [-0.39, 0.29) is 0 Å². The van der Waals surface area contributed by atoms with E-state index < -0.39 is 0 Å². The van der Waals surface area contributed by atoms with Crippen LogP contribution in [0.4, 0.5) is 0 Å². The van der Waals surface area contributed by atoms with E-state index in [1.54, 1.807) is 0 Å². The number of hydrogen-bond donors (Lipinski definition) is 0. The summed E-state index contributed by atoms with van der Waals surface area (Å²) in [5.41, 5.74) is 0. The highest BCUT2D eigenvalue weighted by Gasteiger charge is 2.32. The van der Waals surface area contributed by atoms with E-state index in [0.29, 0.717) is 30.1 Å². The van der Waals surface area contributed by atoms with Gasteiger partial charge in [0.15, 0.2) is 0 Å². The van der Waals surface area contributed by atoms with E-state index in [0.717, 1.165) is 6.42 Å². The molecule has 3 saturated carbocycles. The summed E-state index contributed by atoms with van der Waals surface area (Å²) in [6.45, 7) is 0. The molecule has 0 amide bonds. The molecule has 0 saturated heterocycles. The number of rotatable bonds is 6. The minimum absolute atomic E-state index is 0.319. The maximum absolute atomic E-state index is 5.87. The van der Waals surface area contributed by atoms with Crippen molar-refractivity contribution in [1.82, 2.24) is 9.91 Å². The lowest BCUT2D eigenvalue weighted by molar-refractivity contribution is 0.0190. The normalized spacial score (nSPS) is 32.4. The second kappa shape index (κ2) is 10.1. The zero-order chi connectivity index (χ0) is 18.4. The molecule has 3 atom stereocenters. The zero-order valence-corrected chi connectivity index (χ0v) is 17.4. The lowest BCUT2D eigenvalue weighted by Gasteiger charge is -2.41. The molecule has 0 aromatic heterocycles. The molecule has 0 N–H and O–H groups in total. The summed E-state index contributed by atoms with van der Waals surface area (Å²) < 4.78 is 5.87. The first-order chi connectivity index (χ1) is 12.7. The number of ether oxygens (including phenoxy) is 1. The van der Waals surface area contributed by atoms with Crippen LogP contribution in [0.15, 0.2) is 5.10 Å². The minimum atomic E-state index is 0.319. The van der Waals surface area contributed by atoms with Gasteiger partial charge in [0.1, 0.15) is 0 Å². The predicted molar refractivity (Wildman–Crippen MR) is 110 cm³/mol. The summed E-state index contributed by atoms with van der Waals surface area (Å²) >= 11 is 0. The smallest absolute Gasteiger partial charge is 0.0664 e. The first-order valence-corrected chi connectivity index (χ1v) is 11.2. The molecular formula is C22H41N3O. The molecule has 0 radical (unpaired) electrons. The van der Waals surface area contributed by atoms with Gasteiger partial charge in [0.25, 0.3) is 0 Å². The van der Waals surface area contributed by atoms with E-state index in [1.807, 2.05) is 7.11 Å². The lowest BCUT2D eigenvalue weighted by atomic mass is 9.83. The SMILES string of the molecule is COC1CC(N(C)C)CCC1C=NN(C1CCCCC1)C1CCCCC1. The van der Waals surface area contributed by atoms with Crippen LogP contribution < -0.4 is 0 Å². The van der Waals surface area contributed by atoms with Crippen LogP contribution in [0.5, 0.6) is 0 Å². The van der Waals surface area contributed by atoms with Crippen molar-refractivity contribution in [3.05, 3.63) is 0 Å². The van der Waals surface area contributed by atoms with Crippen molar-refractivity contribution in [3.63, 3.8) is 0 Å². The lowest BCUT2D eigenvalue weighted by Crippen LogP contribution is -2.43. The molecule has 0 heterocycles. The second-order valence-electron chi connectivity index (χ2n) is 9.10. The highest BCUT2D eigenvalue weighted by atomic mass is 16.5. The fourth-order valence-corrected chi connectivity index (χ4v) is 5.38. The molecule has 0 aromatic carbocycles. The van der Waals surface area contributed by atoms with Gasteiger partial charge in [0, 0.05) is 37.4 Å². The molecule has 0 aromatic rings. The van der Waals surface area contributed by atoms with Crippen molar-refractivity contribution in [1.29, 1.82) is 0 Å². The first kappa shape index (κ1) is 20.1. The Kier molecular flexibility index (Phi) is 7.80. The Hall–Kier alpha value is -0.610. The van der Waals surface area contributed by atoms with Crippen LogP contribution in [-0.2, 0) is 4.74 Å². The van der Waals surface area contributed by atoms with E-state index >= 15 is 0 Å². The van der Waals surface area contributed by atoms with Gasteiger partial charge in [-0.3, -0.25) is 5.01 Å². The molecule has 0 spiro atoms. The predicted octanol–water partition coefficient (Wildman–Crippen LogP) is 4.68. The Labute approximate surface area is 161 Å². The number of hydrogen-bond acceptors (Lipinski definition) is 4. The Bertz CT molecular complexity index is 409. The maximum Gasteiger partial charge on any atom is 0.0664 e. The van der Waals surface area contributed by atoms with E-state index in [2.05, 4.69) is 30.2 Å². The van der Waals surface area contributed by atoms with Crippen LogP contribution >= 0.6 is 0 Å². The van der Waals surface area contributed by atoms with Crippen LogP contribution in [0.1, 0.15) is 83.5 Å². The molecule has 150 valence electrons. The van der Waals surface area contributed by atoms with Crippen LogP contribution in [0.3, 0.4) is 0 Å². The van der Waals surface area contributed by atoms with Gasteiger partial charge < -0.3 is 9.64 Å². The quantitative estimate of drug-likeness (QED) is 0.506. The van der Waals surface area contributed by atoms with Gasteiger partial charge in [0.2, 0.25) is 0 Å². The topological polar surface area (TPSA) is 28.1 Å². The average molecular weight is 364 g/mol. The second-order valence-corrected chi connectivity index (χ2v) is 9.10. The van der Waals surface area contributed by atoms with Crippen LogP contribution in [0.2, 0.25) is 0 Å². The molecule has 3 fully saturated rings. The average Bonchev–Trinajstić information content (AvgIpc) is 2.69. The third kappa shape index (κ3) is 5.22. The molecule has 0 aliphatic heterocycles. The standard InChI is InChI=1S/C22H41N3O/c1-24(2)21-15-14-18(22(16-21)26-3)17-23-25(19-10-6-4-7-11-19)20-12-8-5-9-13-20/h17-22H,4-16H2,1-3H3. The molecule has 3 rings (SSSR count). The fourth-order valence-electron chi connectivity index (χ4n) is 5.38. The molecule has 3 unspecified atom stereocenters. The largest absolute Gasteiger partial charge is 0.381 e. The van der Waals surface area contributed by atoms with Crippen LogP contribution in [0, 0.1) is 5.92 Å². The fraction of sp³-hybridized carbons (Fsp3) is 0.955. The summed E-state index contributed by atoms with van der Waals surface area (Å²) in [5.74, 6) is 0.478. The number of methoxy groups -OCH3 is 1. The van der Waals surface area contributed by atoms with Gasteiger partial charge in [-0.15, -0.1) is 0 Å². The Morgan fingerprint density at radius 3 is 1.85 bits per heavy atom. The van der Waals surface area contributed by atoms with Crippen molar-refractivity contribution in [3.8, 4) is 0 Å².